The minimum atomic E-state index is -1.17. The number of carbonyl (C=O) groups is 3. The van der Waals surface area contributed by atoms with Crippen LogP contribution in [0.1, 0.15) is 61.8 Å². The summed E-state index contributed by atoms with van der Waals surface area (Å²) in [6.07, 6.45) is 0.916. The van der Waals surface area contributed by atoms with E-state index in [1.807, 2.05) is 55.7 Å². The molecule has 2 unspecified atom stereocenters. The quantitative estimate of drug-likeness (QED) is 0.128. The summed E-state index contributed by atoms with van der Waals surface area (Å²) >= 11 is 0. The van der Waals surface area contributed by atoms with Crippen molar-refractivity contribution in [3.63, 3.8) is 0 Å². The second-order valence-corrected chi connectivity index (χ2v) is 12.6. The topological polar surface area (TPSA) is 130 Å². The summed E-state index contributed by atoms with van der Waals surface area (Å²) in [6.45, 7) is 8.23. The van der Waals surface area contributed by atoms with Gasteiger partial charge in [0.2, 0.25) is 5.91 Å². The van der Waals surface area contributed by atoms with Gasteiger partial charge in [-0.05, 0) is 72.9 Å². The summed E-state index contributed by atoms with van der Waals surface area (Å²) in [7, 11) is 0. The van der Waals surface area contributed by atoms with Gasteiger partial charge in [-0.25, -0.2) is 13.6 Å². The van der Waals surface area contributed by atoms with Gasteiger partial charge in [-0.1, -0.05) is 51.1 Å². The van der Waals surface area contributed by atoms with Crippen molar-refractivity contribution in [3.05, 3.63) is 114 Å². The first-order chi connectivity index (χ1) is 22.2. The fourth-order valence-corrected chi connectivity index (χ4v) is 5.52. The summed E-state index contributed by atoms with van der Waals surface area (Å²) in [6, 6.07) is 19.9. The number of nitrogens with one attached hydrogen (secondary N) is 2. The largest absolute Gasteiger partial charge is 0.465 e. The second-order valence-electron chi connectivity index (χ2n) is 12.6. The predicted molar refractivity (Wildman–Crippen MR) is 178 cm³/mol. The molecule has 0 fully saturated rings. The molecule has 47 heavy (non-hydrogen) atoms. The highest BCUT2D eigenvalue weighted by atomic mass is 19.1. The lowest BCUT2D eigenvalue weighted by molar-refractivity contribution is -0.117. The van der Waals surface area contributed by atoms with Gasteiger partial charge in [-0.2, -0.15) is 0 Å². The number of anilines is 1. The number of hydrogen-bond donors (Lipinski definition) is 4. The summed E-state index contributed by atoms with van der Waals surface area (Å²) in [5.41, 5.74) is 8.13. The Bertz CT molecular complexity index is 1700. The molecule has 3 amide bonds. The van der Waals surface area contributed by atoms with Crippen LogP contribution < -0.4 is 16.4 Å². The van der Waals surface area contributed by atoms with Gasteiger partial charge < -0.3 is 30.9 Å². The highest BCUT2D eigenvalue weighted by Gasteiger charge is 2.37. The van der Waals surface area contributed by atoms with E-state index in [1.165, 1.54) is 0 Å². The lowest BCUT2D eigenvalue weighted by Crippen LogP contribution is -2.43. The minimum Gasteiger partial charge on any atom is -0.465 e. The number of carbonyl (C=O) groups excluding carboxylic acids is 2. The van der Waals surface area contributed by atoms with Crippen LogP contribution in [0.4, 0.5) is 19.3 Å². The molecule has 11 heteroatoms. The van der Waals surface area contributed by atoms with Crippen LogP contribution in [0.5, 0.6) is 0 Å². The molecule has 1 heterocycles. The van der Waals surface area contributed by atoms with Crippen LogP contribution >= 0.6 is 0 Å². The van der Waals surface area contributed by atoms with Gasteiger partial charge in [0.25, 0.3) is 5.91 Å². The average molecular weight is 646 g/mol. The zero-order valence-corrected chi connectivity index (χ0v) is 27.0. The molecule has 0 saturated heterocycles. The Morgan fingerprint density at radius 1 is 0.979 bits per heavy atom. The van der Waals surface area contributed by atoms with Gasteiger partial charge in [0.05, 0.1) is 12.1 Å². The molecule has 248 valence electrons. The van der Waals surface area contributed by atoms with Gasteiger partial charge in [-0.3, -0.25) is 9.59 Å². The Kier molecular flexibility index (Phi) is 11.1. The molecule has 0 bridgehead atoms. The van der Waals surface area contributed by atoms with E-state index >= 15 is 4.39 Å². The maximum Gasteiger partial charge on any atom is 0.404 e. The van der Waals surface area contributed by atoms with Gasteiger partial charge in [-0.15, -0.1) is 0 Å². The SMILES string of the molecule is CC(N)C(=O)Nc1ccc(C(=O)N(CCCNC(=O)O)C(c2cc(-c3cc(F)ccc3F)cn2Cc2ccccc2)C(C)(C)C)cc1. The number of nitrogens with zero attached hydrogens (tertiary/aromatic N) is 2. The number of rotatable bonds is 12. The molecule has 0 aliphatic carbocycles. The third-order valence-corrected chi connectivity index (χ3v) is 7.70. The Balaban J connectivity index is 1.83. The monoisotopic (exact) mass is 645 g/mol. The third kappa shape index (κ3) is 9.04. The van der Waals surface area contributed by atoms with Crippen molar-refractivity contribution in [1.82, 2.24) is 14.8 Å². The Labute approximate surface area is 273 Å². The van der Waals surface area contributed by atoms with E-state index < -0.39 is 35.2 Å². The first-order valence-electron chi connectivity index (χ1n) is 15.4. The van der Waals surface area contributed by atoms with E-state index in [0.29, 0.717) is 35.5 Å². The predicted octanol–water partition coefficient (Wildman–Crippen LogP) is 6.65. The minimum absolute atomic E-state index is 0.0960. The summed E-state index contributed by atoms with van der Waals surface area (Å²) < 4.78 is 31.3. The standard InChI is InChI=1S/C36H41F2N5O4/c1-23(39)33(44)41-28-14-11-25(12-15-28)34(45)43(18-8-17-40-35(46)47)32(36(2,3)4)31-19-26(29-20-27(37)13-16-30(29)38)22-42(31)21-24-9-6-5-7-10-24/h5-7,9-16,19-20,22-23,32,40H,8,17-18,21,39H2,1-4H3,(H,41,44)(H,46,47). The van der Waals surface area contributed by atoms with Crippen LogP contribution in [0, 0.1) is 17.0 Å². The van der Waals surface area contributed by atoms with Gasteiger partial charge in [0.15, 0.2) is 0 Å². The first kappa shape index (κ1) is 34.8. The smallest absolute Gasteiger partial charge is 0.404 e. The van der Waals surface area contributed by atoms with E-state index in [-0.39, 0.29) is 30.5 Å². The maximum absolute atomic E-state index is 15.1. The molecule has 4 rings (SSSR count). The van der Waals surface area contributed by atoms with Crippen molar-refractivity contribution in [3.8, 4) is 11.1 Å². The van der Waals surface area contributed by atoms with Crippen molar-refractivity contribution < 1.29 is 28.3 Å². The second kappa shape index (κ2) is 15.0. The normalized spacial score (nSPS) is 12.7. The fourth-order valence-electron chi connectivity index (χ4n) is 5.52. The number of aromatic nitrogens is 1. The van der Waals surface area contributed by atoms with E-state index in [9.17, 15) is 18.8 Å². The fraction of sp³-hybridized carbons (Fsp3) is 0.306. The Morgan fingerprint density at radius 2 is 1.66 bits per heavy atom. The van der Waals surface area contributed by atoms with Crippen molar-refractivity contribution >= 4 is 23.6 Å². The summed E-state index contributed by atoms with van der Waals surface area (Å²) in [5, 5.41) is 14.2. The molecule has 5 N–H and O–H groups in total. The molecular weight excluding hydrogens is 604 g/mol. The van der Waals surface area contributed by atoms with Crippen LogP contribution in [-0.2, 0) is 11.3 Å². The highest BCUT2D eigenvalue weighted by Crippen LogP contribution is 2.42. The molecule has 0 aliphatic heterocycles. The molecule has 0 aliphatic rings. The van der Waals surface area contributed by atoms with Crippen LogP contribution in [0.15, 0.2) is 85.1 Å². The van der Waals surface area contributed by atoms with Crippen molar-refractivity contribution in [2.75, 3.05) is 18.4 Å². The third-order valence-electron chi connectivity index (χ3n) is 7.70. The molecule has 0 radical (unpaired) electrons. The Morgan fingerprint density at radius 3 is 2.28 bits per heavy atom. The van der Waals surface area contributed by atoms with Crippen LogP contribution in [0.25, 0.3) is 11.1 Å². The molecule has 1 aromatic heterocycles. The first-order valence-corrected chi connectivity index (χ1v) is 15.4. The maximum atomic E-state index is 15.1. The van der Waals surface area contributed by atoms with Crippen LogP contribution in [0.2, 0.25) is 0 Å². The zero-order valence-electron chi connectivity index (χ0n) is 27.0. The molecule has 4 aromatic rings. The highest BCUT2D eigenvalue weighted by molar-refractivity contribution is 5.97. The lowest BCUT2D eigenvalue weighted by Gasteiger charge is -2.41. The van der Waals surface area contributed by atoms with E-state index in [0.717, 1.165) is 23.8 Å². The summed E-state index contributed by atoms with van der Waals surface area (Å²) in [5.74, 6) is -1.84. The van der Waals surface area contributed by atoms with Crippen molar-refractivity contribution in [2.24, 2.45) is 11.1 Å². The van der Waals surface area contributed by atoms with E-state index in [2.05, 4.69) is 10.6 Å². The van der Waals surface area contributed by atoms with Gasteiger partial charge in [0.1, 0.15) is 11.6 Å². The van der Waals surface area contributed by atoms with E-state index in [1.54, 1.807) is 48.4 Å². The van der Waals surface area contributed by atoms with E-state index in [4.69, 9.17) is 10.8 Å². The summed E-state index contributed by atoms with van der Waals surface area (Å²) in [4.78, 5) is 39.4. The molecule has 0 spiro atoms. The molecule has 3 aromatic carbocycles. The van der Waals surface area contributed by atoms with Gasteiger partial charge >= 0.3 is 6.09 Å². The number of benzene rings is 3. The number of halogens is 2. The number of nitrogens with two attached hydrogens (primary N) is 1. The molecule has 9 nitrogen and oxygen atoms in total. The number of carboxylic acid groups (broad SMARTS) is 1. The molecule has 2 atom stereocenters. The number of amides is 3. The molecule has 0 saturated carbocycles. The van der Waals surface area contributed by atoms with Crippen molar-refractivity contribution in [2.45, 2.75) is 52.7 Å². The zero-order chi connectivity index (χ0) is 34.3. The lowest BCUT2D eigenvalue weighted by atomic mass is 9.82. The van der Waals surface area contributed by atoms with Crippen LogP contribution in [0.3, 0.4) is 0 Å². The molecular formula is C36H41F2N5O4. The van der Waals surface area contributed by atoms with Crippen molar-refractivity contribution in [1.29, 1.82) is 0 Å². The average Bonchev–Trinajstić information content (AvgIpc) is 3.41. The number of hydrogen-bond acceptors (Lipinski definition) is 4. The van der Waals surface area contributed by atoms with Crippen LogP contribution in [-0.4, -0.2) is 51.6 Å². The van der Waals surface area contributed by atoms with Gasteiger partial charge in [0, 0.05) is 53.9 Å². The Hall–Kier alpha value is -5.03.